The Morgan fingerprint density at radius 1 is 0.806 bits per heavy atom. The molecule has 2 aromatic carbocycles. The van der Waals surface area contributed by atoms with Gasteiger partial charge in [-0.15, -0.1) is 0 Å². The molecule has 164 valence electrons. The van der Waals surface area contributed by atoms with E-state index in [4.69, 9.17) is 0 Å². The first kappa shape index (κ1) is 22.5. The van der Waals surface area contributed by atoms with E-state index >= 15 is 0 Å². The van der Waals surface area contributed by atoms with E-state index in [0.29, 0.717) is 24.6 Å². The van der Waals surface area contributed by atoms with Gasteiger partial charge in [0.05, 0.1) is 6.04 Å². The molecular formula is C24H28FN3O3. The molecule has 31 heavy (non-hydrogen) atoms. The van der Waals surface area contributed by atoms with Gasteiger partial charge in [0.1, 0.15) is 5.82 Å². The van der Waals surface area contributed by atoms with Crippen molar-refractivity contribution in [2.24, 2.45) is 0 Å². The van der Waals surface area contributed by atoms with Crippen LogP contribution in [0.5, 0.6) is 0 Å². The Labute approximate surface area is 182 Å². The van der Waals surface area contributed by atoms with Gasteiger partial charge in [-0.1, -0.05) is 38.1 Å². The summed E-state index contributed by atoms with van der Waals surface area (Å²) in [4.78, 5) is 40.6. The minimum absolute atomic E-state index is 0.213. The van der Waals surface area contributed by atoms with Gasteiger partial charge in [-0.2, -0.15) is 0 Å². The molecule has 0 radical (unpaired) electrons. The summed E-state index contributed by atoms with van der Waals surface area (Å²) in [6, 6.07) is 13.1. The molecule has 0 saturated carbocycles. The van der Waals surface area contributed by atoms with E-state index in [0.717, 1.165) is 5.56 Å². The Morgan fingerprint density at radius 2 is 1.32 bits per heavy atom. The number of amides is 3. The number of nitrogens with one attached hydrogen (secondary N) is 1. The second-order valence-corrected chi connectivity index (χ2v) is 8.11. The maximum absolute atomic E-state index is 13.0. The van der Waals surface area contributed by atoms with Gasteiger partial charge >= 0.3 is 11.8 Å². The van der Waals surface area contributed by atoms with Gasteiger partial charge < -0.3 is 15.1 Å². The van der Waals surface area contributed by atoms with Gasteiger partial charge in [-0.05, 0) is 48.2 Å². The number of benzene rings is 2. The summed E-state index contributed by atoms with van der Waals surface area (Å²) < 4.78 is 13.0. The normalized spacial score (nSPS) is 15.0. The van der Waals surface area contributed by atoms with Crippen LogP contribution >= 0.6 is 0 Å². The lowest BCUT2D eigenvalue weighted by Gasteiger charge is -2.34. The molecule has 1 unspecified atom stereocenters. The number of nitrogens with zero attached hydrogens (tertiary/aromatic N) is 2. The minimum atomic E-state index is -0.654. The van der Waals surface area contributed by atoms with Gasteiger partial charge in [0, 0.05) is 31.7 Å². The molecule has 0 aliphatic carbocycles. The molecule has 7 heteroatoms. The molecule has 6 nitrogen and oxygen atoms in total. The van der Waals surface area contributed by atoms with Gasteiger partial charge in [-0.25, -0.2) is 4.39 Å². The number of piperazine rings is 1. The predicted octanol–water partition coefficient (Wildman–Crippen LogP) is 3.11. The van der Waals surface area contributed by atoms with Crippen molar-refractivity contribution in [3.8, 4) is 0 Å². The van der Waals surface area contributed by atoms with Crippen LogP contribution in [0.1, 0.15) is 54.2 Å². The fraction of sp³-hybridized carbons (Fsp3) is 0.375. The highest BCUT2D eigenvalue weighted by atomic mass is 19.1. The molecule has 0 bridgehead atoms. The molecule has 2 aromatic rings. The van der Waals surface area contributed by atoms with Crippen LogP contribution < -0.4 is 5.32 Å². The zero-order chi connectivity index (χ0) is 22.5. The first-order chi connectivity index (χ1) is 14.8. The Balaban J connectivity index is 1.52. The van der Waals surface area contributed by atoms with Crippen molar-refractivity contribution < 1.29 is 18.8 Å². The SMILES string of the molecule is CC(C)c1ccc(C(C)NC(=O)C(=O)N2CCN(C(=O)c3ccc(F)cc3)CC2)cc1. The number of hydrogen-bond donors (Lipinski definition) is 1. The average molecular weight is 426 g/mol. The molecule has 0 spiro atoms. The molecule has 1 N–H and O–H groups in total. The molecule has 1 aliphatic heterocycles. The molecule has 1 saturated heterocycles. The lowest BCUT2D eigenvalue weighted by molar-refractivity contribution is -0.147. The maximum atomic E-state index is 13.0. The van der Waals surface area contributed by atoms with Crippen molar-refractivity contribution in [1.82, 2.24) is 15.1 Å². The van der Waals surface area contributed by atoms with Gasteiger partial charge in [0.2, 0.25) is 0 Å². The van der Waals surface area contributed by atoms with Crippen LogP contribution in [0.25, 0.3) is 0 Å². The van der Waals surface area contributed by atoms with E-state index in [9.17, 15) is 18.8 Å². The first-order valence-corrected chi connectivity index (χ1v) is 10.5. The summed E-state index contributed by atoms with van der Waals surface area (Å²) in [7, 11) is 0. The third-order valence-electron chi connectivity index (χ3n) is 5.59. The van der Waals surface area contributed by atoms with E-state index in [1.165, 1.54) is 34.7 Å². The topological polar surface area (TPSA) is 69.7 Å². The largest absolute Gasteiger partial charge is 0.341 e. The Bertz CT molecular complexity index is 934. The standard InChI is InChI=1S/C24H28FN3O3/c1-16(2)18-4-6-19(7-5-18)17(3)26-22(29)24(31)28-14-12-27(13-15-28)23(30)20-8-10-21(25)11-9-20/h4-11,16-17H,12-15H2,1-3H3,(H,26,29). The molecule has 0 aromatic heterocycles. The average Bonchev–Trinajstić information content (AvgIpc) is 2.78. The summed E-state index contributed by atoms with van der Waals surface area (Å²) in [6.45, 7) is 7.27. The molecule has 1 heterocycles. The fourth-order valence-electron chi connectivity index (χ4n) is 3.54. The van der Waals surface area contributed by atoms with Crippen LogP contribution in [0, 0.1) is 5.82 Å². The Morgan fingerprint density at radius 3 is 1.87 bits per heavy atom. The number of hydrogen-bond acceptors (Lipinski definition) is 3. The fourth-order valence-corrected chi connectivity index (χ4v) is 3.54. The molecule has 1 atom stereocenters. The smallest absolute Gasteiger partial charge is 0.312 e. The van der Waals surface area contributed by atoms with E-state index in [2.05, 4.69) is 19.2 Å². The van der Waals surface area contributed by atoms with E-state index in [-0.39, 0.29) is 25.0 Å². The zero-order valence-corrected chi connectivity index (χ0v) is 18.1. The van der Waals surface area contributed by atoms with E-state index < -0.39 is 17.6 Å². The lowest BCUT2D eigenvalue weighted by Crippen LogP contribution is -2.54. The van der Waals surface area contributed by atoms with Crippen LogP contribution in [0.2, 0.25) is 0 Å². The van der Waals surface area contributed by atoms with E-state index in [1.54, 1.807) is 4.90 Å². The molecule has 3 amide bonds. The van der Waals surface area contributed by atoms with Crippen molar-refractivity contribution in [2.45, 2.75) is 32.7 Å². The summed E-state index contributed by atoms with van der Waals surface area (Å²) in [5, 5.41) is 2.76. The number of rotatable bonds is 4. The van der Waals surface area contributed by atoms with Crippen LogP contribution in [0.15, 0.2) is 48.5 Å². The highest BCUT2D eigenvalue weighted by molar-refractivity contribution is 6.35. The number of carbonyl (C=O) groups excluding carboxylic acids is 3. The summed E-state index contributed by atoms with van der Waals surface area (Å²) in [6.07, 6.45) is 0. The first-order valence-electron chi connectivity index (χ1n) is 10.5. The van der Waals surface area contributed by atoms with Gasteiger partial charge in [0.15, 0.2) is 0 Å². The minimum Gasteiger partial charge on any atom is -0.341 e. The molecule has 1 aliphatic rings. The Hall–Kier alpha value is -3.22. The third kappa shape index (κ3) is 5.48. The second kappa shape index (κ2) is 9.73. The van der Waals surface area contributed by atoms with Crippen molar-refractivity contribution in [3.05, 3.63) is 71.0 Å². The van der Waals surface area contributed by atoms with Crippen molar-refractivity contribution in [1.29, 1.82) is 0 Å². The summed E-state index contributed by atoms with van der Waals surface area (Å²) in [5.41, 5.74) is 2.54. The highest BCUT2D eigenvalue weighted by Gasteiger charge is 2.29. The summed E-state index contributed by atoms with van der Waals surface area (Å²) >= 11 is 0. The van der Waals surface area contributed by atoms with Crippen LogP contribution in [0.4, 0.5) is 4.39 Å². The van der Waals surface area contributed by atoms with Crippen LogP contribution in [0.3, 0.4) is 0 Å². The van der Waals surface area contributed by atoms with Crippen molar-refractivity contribution in [2.75, 3.05) is 26.2 Å². The molecule has 1 fully saturated rings. The number of halogens is 1. The second-order valence-electron chi connectivity index (χ2n) is 8.11. The lowest BCUT2D eigenvalue weighted by atomic mass is 9.99. The van der Waals surface area contributed by atoms with Gasteiger partial charge in [0.25, 0.3) is 5.91 Å². The van der Waals surface area contributed by atoms with Gasteiger partial charge in [-0.3, -0.25) is 14.4 Å². The molecule has 3 rings (SSSR count). The zero-order valence-electron chi connectivity index (χ0n) is 18.1. The monoisotopic (exact) mass is 425 g/mol. The van der Waals surface area contributed by atoms with Crippen molar-refractivity contribution in [3.63, 3.8) is 0 Å². The van der Waals surface area contributed by atoms with Crippen LogP contribution in [-0.4, -0.2) is 53.7 Å². The number of carbonyl (C=O) groups is 3. The van der Waals surface area contributed by atoms with E-state index in [1.807, 2.05) is 31.2 Å². The summed E-state index contributed by atoms with van der Waals surface area (Å²) in [5.74, 6) is -1.44. The third-order valence-corrected chi connectivity index (χ3v) is 5.59. The Kier molecular flexibility index (Phi) is 7.05. The van der Waals surface area contributed by atoms with Crippen LogP contribution in [-0.2, 0) is 9.59 Å². The molecular weight excluding hydrogens is 397 g/mol. The maximum Gasteiger partial charge on any atom is 0.312 e. The predicted molar refractivity (Wildman–Crippen MR) is 116 cm³/mol. The van der Waals surface area contributed by atoms with Crippen molar-refractivity contribution >= 4 is 17.7 Å². The highest BCUT2D eigenvalue weighted by Crippen LogP contribution is 2.18. The quantitative estimate of drug-likeness (QED) is 0.766.